The average Bonchev–Trinajstić information content (AvgIpc) is 3.17. The van der Waals surface area contributed by atoms with Crippen molar-refractivity contribution in [1.82, 2.24) is 14.8 Å². The Labute approximate surface area is 185 Å². The molecule has 4 rings (SSSR count). The van der Waals surface area contributed by atoms with Gasteiger partial charge in [0.05, 0.1) is 0 Å². The molecule has 1 amide bonds. The van der Waals surface area contributed by atoms with Gasteiger partial charge >= 0.3 is 0 Å². The fourth-order valence-corrected chi connectivity index (χ4v) is 4.61. The van der Waals surface area contributed by atoms with Gasteiger partial charge in [0.2, 0.25) is 5.91 Å². The Kier molecular flexibility index (Phi) is 6.78. The number of likely N-dealkylation sites (tertiary alicyclic amines) is 1. The van der Waals surface area contributed by atoms with Gasteiger partial charge in [-0.05, 0) is 35.6 Å². The van der Waals surface area contributed by atoms with Crippen molar-refractivity contribution >= 4 is 5.91 Å². The van der Waals surface area contributed by atoms with E-state index >= 15 is 0 Å². The summed E-state index contributed by atoms with van der Waals surface area (Å²) in [5, 5.41) is 0. The van der Waals surface area contributed by atoms with E-state index in [1.54, 1.807) is 13.1 Å². The van der Waals surface area contributed by atoms with Gasteiger partial charge in [-0.2, -0.15) is 0 Å². The Morgan fingerprint density at radius 1 is 1.00 bits per heavy atom. The summed E-state index contributed by atoms with van der Waals surface area (Å²) in [5.74, 6) is 0.931. The van der Waals surface area contributed by atoms with Crippen LogP contribution in [0.1, 0.15) is 35.1 Å². The molecule has 1 saturated heterocycles. The molecule has 2 aromatic carbocycles. The second kappa shape index (κ2) is 9.88. The number of nitrogens with zero attached hydrogens (tertiary/aromatic N) is 3. The highest BCUT2D eigenvalue weighted by molar-refractivity contribution is 5.73. The molecule has 2 unspecified atom stereocenters. The molecule has 160 valence electrons. The van der Waals surface area contributed by atoms with E-state index in [2.05, 4.69) is 71.4 Å². The molecule has 2 heterocycles. The summed E-state index contributed by atoms with van der Waals surface area (Å²) in [6.07, 6.45) is 3.62. The number of aromatic nitrogens is 1. The van der Waals surface area contributed by atoms with E-state index in [-0.39, 0.29) is 5.91 Å². The highest BCUT2D eigenvalue weighted by Crippen LogP contribution is 2.34. The summed E-state index contributed by atoms with van der Waals surface area (Å²) >= 11 is 0. The number of hydrogen-bond donors (Lipinski definition) is 0. The van der Waals surface area contributed by atoms with Crippen molar-refractivity contribution in [2.75, 3.05) is 19.6 Å². The molecule has 0 spiro atoms. The molecule has 4 heteroatoms. The van der Waals surface area contributed by atoms with Gasteiger partial charge in [0, 0.05) is 58.0 Å². The largest absolute Gasteiger partial charge is 0.338 e. The molecule has 31 heavy (non-hydrogen) atoms. The van der Waals surface area contributed by atoms with Crippen molar-refractivity contribution in [3.63, 3.8) is 0 Å². The summed E-state index contributed by atoms with van der Waals surface area (Å²) in [7, 11) is 0. The lowest BCUT2D eigenvalue weighted by Gasteiger charge is -2.28. The number of carbonyl (C=O) groups excluding carboxylic acids is 1. The maximum absolute atomic E-state index is 12.5. The molecule has 1 aliphatic rings. The van der Waals surface area contributed by atoms with Gasteiger partial charge in [-0.3, -0.25) is 14.7 Å². The SMILES string of the molecule is CC(=O)N(Cc1cccnc1)CC1CN(Cc2ccccc2)CC1c1ccc(C)cc1. The van der Waals surface area contributed by atoms with E-state index in [1.807, 2.05) is 23.2 Å². The molecule has 1 aromatic heterocycles. The van der Waals surface area contributed by atoms with Crippen molar-refractivity contribution in [1.29, 1.82) is 0 Å². The van der Waals surface area contributed by atoms with Crippen molar-refractivity contribution in [3.05, 3.63) is 101 Å². The van der Waals surface area contributed by atoms with Crippen LogP contribution in [0.25, 0.3) is 0 Å². The number of aryl methyl sites for hydroxylation is 1. The van der Waals surface area contributed by atoms with Gasteiger partial charge in [0.1, 0.15) is 0 Å². The lowest BCUT2D eigenvalue weighted by Crippen LogP contribution is -2.35. The van der Waals surface area contributed by atoms with Crippen LogP contribution in [0.5, 0.6) is 0 Å². The van der Waals surface area contributed by atoms with E-state index in [0.717, 1.165) is 31.7 Å². The fourth-order valence-electron chi connectivity index (χ4n) is 4.61. The minimum absolute atomic E-state index is 0.119. The predicted octanol–water partition coefficient (Wildman–Crippen LogP) is 4.65. The van der Waals surface area contributed by atoms with Crippen molar-refractivity contribution in [2.45, 2.75) is 32.9 Å². The monoisotopic (exact) mass is 413 g/mol. The van der Waals surface area contributed by atoms with E-state index in [9.17, 15) is 4.79 Å². The van der Waals surface area contributed by atoms with Crippen LogP contribution in [0.3, 0.4) is 0 Å². The third-order valence-electron chi connectivity index (χ3n) is 6.27. The zero-order valence-corrected chi connectivity index (χ0v) is 18.4. The number of hydrogen-bond acceptors (Lipinski definition) is 3. The highest BCUT2D eigenvalue weighted by atomic mass is 16.2. The van der Waals surface area contributed by atoms with Crippen LogP contribution < -0.4 is 0 Å². The maximum Gasteiger partial charge on any atom is 0.219 e. The topological polar surface area (TPSA) is 36.4 Å². The summed E-state index contributed by atoms with van der Waals surface area (Å²) < 4.78 is 0. The molecular formula is C27H31N3O. The Balaban J connectivity index is 1.53. The molecule has 0 N–H and O–H groups in total. The Morgan fingerprint density at radius 3 is 2.42 bits per heavy atom. The maximum atomic E-state index is 12.5. The van der Waals surface area contributed by atoms with Gasteiger partial charge in [0.15, 0.2) is 0 Å². The molecule has 4 nitrogen and oxygen atoms in total. The predicted molar refractivity (Wildman–Crippen MR) is 124 cm³/mol. The quantitative estimate of drug-likeness (QED) is 0.565. The molecule has 0 radical (unpaired) electrons. The number of pyridine rings is 1. The summed E-state index contributed by atoms with van der Waals surface area (Å²) in [6, 6.07) is 23.5. The first-order chi connectivity index (χ1) is 15.1. The van der Waals surface area contributed by atoms with Gasteiger partial charge < -0.3 is 4.90 Å². The zero-order valence-electron chi connectivity index (χ0n) is 18.4. The molecule has 1 aliphatic heterocycles. The number of benzene rings is 2. The molecule has 3 aromatic rings. The first-order valence-electron chi connectivity index (χ1n) is 11.1. The van der Waals surface area contributed by atoms with E-state index in [0.29, 0.717) is 18.4 Å². The van der Waals surface area contributed by atoms with Crippen molar-refractivity contribution in [2.24, 2.45) is 5.92 Å². The van der Waals surface area contributed by atoms with Crippen LogP contribution in [0.4, 0.5) is 0 Å². The van der Waals surface area contributed by atoms with Crippen LogP contribution in [-0.2, 0) is 17.9 Å². The Morgan fingerprint density at radius 2 is 1.74 bits per heavy atom. The van der Waals surface area contributed by atoms with Crippen molar-refractivity contribution < 1.29 is 4.79 Å². The average molecular weight is 414 g/mol. The van der Waals surface area contributed by atoms with Crippen LogP contribution >= 0.6 is 0 Å². The van der Waals surface area contributed by atoms with E-state index in [1.165, 1.54) is 16.7 Å². The smallest absolute Gasteiger partial charge is 0.219 e. The molecule has 2 atom stereocenters. The van der Waals surface area contributed by atoms with Crippen LogP contribution in [0.15, 0.2) is 79.1 Å². The first kappa shape index (κ1) is 21.3. The van der Waals surface area contributed by atoms with Gasteiger partial charge in [-0.1, -0.05) is 66.2 Å². The minimum Gasteiger partial charge on any atom is -0.338 e. The highest BCUT2D eigenvalue weighted by Gasteiger charge is 2.35. The Bertz CT molecular complexity index is 972. The molecular weight excluding hydrogens is 382 g/mol. The van der Waals surface area contributed by atoms with Crippen molar-refractivity contribution in [3.8, 4) is 0 Å². The second-order valence-electron chi connectivity index (χ2n) is 8.72. The van der Waals surface area contributed by atoms with Crippen LogP contribution in [0, 0.1) is 12.8 Å². The normalized spacial score (nSPS) is 18.8. The number of amides is 1. The first-order valence-corrected chi connectivity index (χ1v) is 11.1. The standard InChI is InChI=1S/C27H31N3O/c1-21-10-12-25(13-11-21)27-20-29(16-23-7-4-3-5-8-23)18-26(27)19-30(22(2)31)17-24-9-6-14-28-15-24/h3-15,26-27H,16-20H2,1-2H3. The third kappa shape index (κ3) is 5.59. The molecule has 0 saturated carbocycles. The lowest BCUT2D eigenvalue weighted by atomic mass is 9.88. The van der Waals surface area contributed by atoms with E-state index in [4.69, 9.17) is 0 Å². The summed E-state index contributed by atoms with van der Waals surface area (Å²) in [4.78, 5) is 21.2. The van der Waals surface area contributed by atoms with Gasteiger partial charge in [-0.15, -0.1) is 0 Å². The zero-order chi connectivity index (χ0) is 21.6. The third-order valence-corrected chi connectivity index (χ3v) is 6.27. The summed E-state index contributed by atoms with van der Waals surface area (Å²) in [6.45, 7) is 8.12. The van der Waals surface area contributed by atoms with Gasteiger partial charge in [-0.25, -0.2) is 0 Å². The number of carbonyl (C=O) groups is 1. The summed E-state index contributed by atoms with van der Waals surface area (Å²) in [5.41, 5.74) is 5.06. The van der Waals surface area contributed by atoms with Crippen LogP contribution in [-0.4, -0.2) is 40.3 Å². The van der Waals surface area contributed by atoms with E-state index < -0.39 is 0 Å². The molecule has 1 fully saturated rings. The van der Waals surface area contributed by atoms with Crippen LogP contribution in [0.2, 0.25) is 0 Å². The fraction of sp³-hybridized carbons (Fsp3) is 0.333. The minimum atomic E-state index is 0.119. The lowest BCUT2D eigenvalue weighted by molar-refractivity contribution is -0.130. The molecule has 0 bridgehead atoms. The number of rotatable bonds is 7. The second-order valence-corrected chi connectivity index (χ2v) is 8.72. The van der Waals surface area contributed by atoms with Gasteiger partial charge in [0.25, 0.3) is 0 Å². The Hall–Kier alpha value is -2.98. The molecule has 0 aliphatic carbocycles.